The molecular formula is C17H21NO2. The fraction of sp³-hybridized carbons (Fsp3) is 0.294. The van der Waals surface area contributed by atoms with Gasteiger partial charge in [-0.3, -0.25) is 0 Å². The summed E-state index contributed by atoms with van der Waals surface area (Å²) in [7, 11) is 1.68. The molecule has 0 atom stereocenters. The van der Waals surface area contributed by atoms with E-state index in [-0.39, 0.29) is 0 Å². The summed E-state index contributed by atoms with van der Waals surface area (Å²) in [5.74, 6) is 0.881. The lowest BCUT2D eigenvalue weighted by atomic mass is 10.1. The Kier molecular flexibility index (Phi) is 5.44. The van der Waals surface area contributed by atoms with Crippen molar-refractivity contribution in [3.63, 3.8) is 0 Å². The Morgan fingerprint density at radius 3 is 2.70 bits per heavy atom. The van der Waals surface area contributed by atoms with Crippen LogP contribution < -0.4 is 10.1 Å². The minimum Gasteiger partial charge on any atom is -0.497 e. The van der Waals surface area contributed by atoms with Gasteiger partial charge < -0.3 is 14.8 Å². The van der Waals surface area contributed by atoms with Crippen LogP contribution in [0.1, 0.15) is 18.1 Å². The van der Waals surface area contributed by atoms with Gasteiger partial charge in [0, 0.05) is 24.4 Å². The van der Waals surface area contributed by atoms with E-state index < -0.39 is 0 Å². The summed E-state index contributed by atoms with van der Waals surface area (Å²) >= 11 is 0. The smallest absolute Gasteiger partial charge is 0.119 e. The Labute approximate surface area is 120 Å². The van der Waals surface area contributed by atoms with Crippen molar-refractivity contribution in [3.05, 3.63) is 59.7 Å². The van der Waals surface area contributed by atoms with E-state index in [0.717, 1.165) is 24.6 Å². The molecule has 0 saturated carbocycles. The van der Waals surface area contributed by atoms with Crippen LogP contribution in [0.15, 0.2) is 48.5 Å². The third kappa shape index (κ3) is 4.00. The molecule has 2 aromatic carbocycles. The van der Waals surface area contributed by atoms with Crippen molar-refractivity contribution in [3.8, 4) is 5.75 Å². The molecule has 2 rings (SSSR count). The minimum absolute atomic E-state index is 0.637. The van der Waals surface area contributed by atoms with Gasteiger partial charge in [-0.25, -0.2) is 0 Å². The fourth-order valence-electron chi connectivity index (χ4n) is 2.01. The van der Waals surface area contributed by atoms with Gasteiger partial charge in [-0.05, 0) is 30.7 Å². The van der Waals surface area contributed by atoms with Crippen molar-refractivity contribution >= 4 is 5.69 Å². The maximum atomic E-state index is 5.49. The van der Waals surface area contributed by atoms with Gasteiger partial charge in [0.2, 0.25) is 0 Å². The van der Waals surface area contributed by atoms with E-state index in [4.69, 9.17) is 9.47 Å². The molecule has 0 aliphatic heterocycles. The zero-order chi connectivity index (χ0) is 14.2. The first-order chi connectivity index (χ1) is 9.83. The SMILES string of the molecule is CCOCc1ccccc1NCc1cccc(OC)c1. The standard InChI is InChI=1S/C17H21NO2/c1-3-20-13-15-8-4-5-10-17(15)18-12-14-7-6-9-16(11-14)19-2/h4-11,18H,3,12-13H2,1-2H3. The lowest BCUT2D eigenvalue weighted by Gasteiger charge is -2.12. The molecule has 0 radical (unpaired) electrons. The van der Waals surface area contributed by atoms with Crippen molar-refractivity contribution in [2.75, 3.05) is 19.0 Å². The maximum Gasteiger partial charge on any atom is 0.119 e. The highest BCUT2D eigenvalue weighted by atomic mass is 16.5. The van der Waals surface area contributed by atoms with Gasteiger partial charge in [-0.1, -0.05) is 30.3 Å². The molecule has 0 saturated heterocycles. The third-order valence-electron chi connectivity index (χ3n) is 3.10. The molecule has 2 aromatic rings. The van der Waals surface area contributed by atoms with Crippen LogP contribution >= 0.6 is 0 Å². The van der Waals surface area contributed by atoms with Crippen molar-refractivity contribution in [1.29, 1.82) is 0 Å². The molecule has 3 heteroatoms. The Morgan fingerprint density at radius 1 is 1.05 bits per heavy atom. The van der Waals surface area contributed by atoms with Crippen LogP contribution in [-0.2, 0) is 17.9 Å². The van der Waals surface area contributed by atoms with E-state index in [2.05, 4.69) is 23.5 Å². The molecule has 0 aromatic heterocycles. The molecule has 0 unspecified atom stereocenters. The zero-order valence-corrected chi connectivity index (χ0v) is 12.1. The van der Waals surface area contributed by atoms with Crippen LogP contribution in [-0.4, -0.2) is 13.7 Å². The lowest BCUT2D eigenvalue weighted by molar-refractivity contribution is 0.134. The molecular weight excluding hydrogens is 250 g/mol. The van der Waals surface area contributed by atoms with Crippen molar-refractivity contribution in [1.82, 2.24) is 0 Å². The molecule has 3 nitrogen and oxygen atoms in total. The Morgan fingerprint density at radius 2 is 1.90 bits per heavy atom. The molecule has 0 heterocycles. The molecule has 1 N–H and O–H groups in total. The third-order valence-corrected chi connectivity index (χ3v) is 3.10. The topological polar surface area (TPSA) is 30.5 Å². The molecule has 0 bridgehead atoms. The van der Waals surface area contributed by atoms with Gasteiger partial charge in [0.05, 0.1) is 13.7 Å². The number of hydrogen-bond donors (Lipinski definition) is 1. The minimum atomic E-state index is 0.637. The van der Waals surface area contributed by atoms with E-state index in [1.807, 2.05) is 37.3 Å². The number of anilines is 1. The molecule has 106 valence electrons. The highest BCUT2D eigenvalue weighted by molar-refractivity contribution is 5.51. The normalized spacial score (nSPS) is 10.3. The quantitative estimate of drug-likeness (QED) is 0.830. The fourth-order valence-corrected chi connectivity index (χ4v) is 2.01. The van der Waals surface area contributed by atoms with Crippen LogP contribution in [0.2, 0.25) is 0 Å². The Bertz CT molecular complexity index is 540. The molecule has 0 aliphatic rings. The first kappa shape index (κ1) is 14.4. The largest absolute Gasteiger partial charge is 0.497 e. The van der Waals surface area contributed by atoms with Crippen molar-refractivity contribution in [2.24, 2.45) is 0 Å². The summed E-state index contributed by atoms with van der Waals surface area (Å²) < 4.78 is 10.7. The average Bonchev–Trinajstić information content (AvgIpc) is 2.52. The van der Waals surface area contributed by atoms with E-state index in [0.29, 0.717) is 6.61 Å². The number of hydrogen-bond acceptors (Lipinski definition) is 3. The van der Waals surface area contributed by atoms with Gasteiger partial charge >= 0.3 is 0 Å². The summed E-state index contributed by atoms with van der Waals surface area (Å²) in [5, 5.41) is 3.45. The van der Waals surface area contributed by atoms with Crippen LogP contribution in [0.3, 0.4) is 0 Å². The zero-order valence-electron chi connectivity index (χ0n) is 12.1. The Hall–Kier alpha value is -2.00. The highest BCUT2D eigenvalue weighted by Crippen LogP contribution is 2.18. The monoisotopic (exact) mass is 271 g/mol. The van der Waals surface area contributed by atoms with E-state index in [1.165, 1.54) is 11.1 Å². The van der Waals surface area contributed by atoms with Crippen molar-refractivity contribution in [2.45, 2.75) is 20.1 Å². The molecule has 20 heavy (non-hydrogen) atoms. The number of benzene rings is 2. The number of rotatable bonds is 7. The molecule has 0 amide bonds. The van der Waals surface area contributed by atoms with Crippen LogP contribution in [0.4, 0.5) is 5.69 Å². The van der Waals surface area contributed by atoms with Crippen LogP contribution in [0.25, 0.3) is 0 Å². The highest BCUT2D eigenvalue weighted by Gasteiger charge is 2.02. The number of methoxy groups -OCH3 is 1. The summed E-state index contributed by atoms with van der Waals surface area (Å²) in [6.45, 7) is 4.13. The second kappa shape index (κ2) is 7.56. The second-order valence-corrected chi connectivity index (χ2v) is 4.50. The lowest BCUT2D eigenvalue weighted by Crippen LogP contribution is -2.03. The van der Waals surface area contributed by atoms with Gasteiger partial charge in [0.1, 0.15) is 5.75 Å². The van der Waals surface area contributed by atoms with Crippen molar-refractivity contribution < 1.29 is 9.47 Å². The van der Waals surface area contributed by atoms with Gasteiger partial charge in [-0.15, -0.1) is 0 Å². The first-order valence-electron chi connectivity index (χ1n) is 6.86. The summed E-state index contributed by atoms with van der Waals surface area (Å²) in [6.07, 6.45) is 0. The van der Waals surface area contributed by atoms with E-state index >= 15 is 0 Å². The summed E-state index contributed by atoms with van der Waals surface area (Å²) in [6, 6.07) is 16.3. The Balaban J connectivity index is 2.02. The van der Waals surface area contributed by atoms with Gasteiger partial charge in [0.15, 0.2) is 0 Å². The van der Waals surface area contributed by atoms with Crippen LogP contribution in [0.5, 0.6) is 5.75 Å². The van der Waals surface area contributed by atoms with Gasteiger partial charge in [0.25, 0.3) is 0 Å². The van der Waals surface area contributed by atoms with Crippen LogP contribution in [0, 0.1) is 0 Å². The summed E-state index contributed by atoms with van der Waals surface area (Å²) in [5.41, 5.74) is 3.48. The second-order valence-electron chi connectivity index (χ2n) is 4.50. The number of nitrogens with one attached hydrogen (secondary N) is 1. The van der Waals surface area contributed by atoms with Gasteiger partial charge in [-0.2, -0.15) is 0 Å². The first-order valence-corrected chi connectivity index (χ1v) is 6.86. The predicted octanol–water partition coefficient (Wildman–Crippen LogP) is 3.84. The molecule has 0 fully saturated rings. The molecule has 0 aliphatic carbocycles. The predicted molar refractivity (Wildman–Crippen MR) is 82.1 cm³/mol. The maximum absolute atomic E-state index is 5.49. The number of para-hydroxylation sites is 1. The van der Waals surface area contributed by atoms with E-state index in [1.54, 1.807) is 7.11 Å². The van der Waals surface area contributed by atoms with E-state index in [9.17, 15) is 0 Å². The number of ether oxygens (including phenoxy) is 2. The summed E-state index contributed by atoms with van der Waals surface area (Å²) in [4.78, 5) is 0. The molecule has 0 spiro atoms. The average molecular weight is 271 g/mol.